The summed E-state index contributed by atoms with van der Waals surface area (Å²) in [4.78, 5) is -0.0999. The number of ether oxygens (including phenoxy) is 1. The van der Waals surface area contributed by atoms with Crippen molar-refractivity contribution in [1.82, 2.24) is 4.72 Å². The van der Waals surface area contributed by atoms with Crippen molar-refractivity contribution >= 4 is 26.0 Å². The summed E-state index contributed by atoms with van der Waals surface area (Å²) in [7, 11) is -3.69. The molecule has 0 bridgehead atoms. The average molecular weight is 354 g/mol. The van der Waals surface area contributed by atoms with Gasteiger partial charge in [-0.25, -0.2) is 17.5 Å². The maximum absolute atomic E-state index is 13.3. The molecule has 0 aliphatic heterocycles. The van der Waals surface area contributed by atoms with Crippen LogP contribution >= 0.6 is 15.9 Å². The molecule has 19 heavy (non-hydrogen) atoms. The summed E-state index contributed by atoms with van der Waals surface area (Å²) < 4.78 is 44.8. The van der Waals surface area contributed by atoms with Crippen molar-refractivity contribution in [1.29, 1.82) is 0 Å². The molecule has 7 heteroatoms. The van der Waals surface area contributed by atoms with Crippen LogP contribution in [0.5, 0.6) is 0 Å². The van der Waals surface area contributed by atoms with E-state index in [-0.39, 0.29) is 22.5 Å². The minimum atomic E-state index is -3.69. The molecular weight excluding hydrogens is 337 g/mol. The van der Waals surface area contributed by atoms with E-state index >= 15 is 0 Å². The Bertz CT molecular complexity index is 520. The Kier molecular flexibility index (Phi) is 6.38. The zero-order valence-electron chi connectivity index (χ0n) is 10.8. The summed E-state index contributed by atoms with van der Waals surface area (Å²) in [6, 6.07) is 3.67. The summed E-state index contributed by atoms with van der Waals surface area (Å²) >= 11 is 2.97. The molecule has 0 aliphatic rings. The van der Waals surface area contributed by atoms with Crippen molar-refractivity contribution in [2.45, 2.75) is 18.7 Å². The molecule has 108 valence electrons. The quantitative estimate of drug-likeness (QED) is 0.766. The van der Waals surface area contributed by atoms with E-state index in [1.165, 1.54) is 12.1 Å². The molecular formula is C12H17BrFNO3S. The van der Waals surface area contributed by atoms with E-state index in [9.17, 15) is 12.8 Å². The van der Waals surface area contributed by atoms with E-state index in [1.54, 1.807) is 0 Å². The van der Waals surface area contributed by atoms with Gasteiger partial charge in [-0.15, -0.1) is 0 Å². The van der Waals surface area contributed by atoms with Crippen LogP contribution in [0.1, 0.15) is 13.8 Å². The standard InChI is InChI=1S/C12H17BrFNO3S/c1-9(2)8-18-6-5-15-19(16,17)10-3-4-11(13)12(14)7-10/h3-4,7,9,15H,5-6,8H2,1-2H3. The van der Waals surface area contributed by atoms with Gasteiger partial charge in [0.15, 0.2) is 0 Å². The van der Waals surface area contributed by atoms with Crippen LogP contribution in [0, 0.1) is 11.7 Å². The van der Waals surface area contributed by atoms with E-state index in [1.807, 2.05) is 13.8 Å². The molecule has 0 unspecified atom stereocenters. The van der Waals surface area contributed by atoms with Crippen molar-refractivity contribution in [2.75, 3.05) is 19.8 Å². The van der Waals surface area contributed by atoms with Gasteiger partial charge in [0.1, 0.15) is 5.82 Å². The third-order valence-electron chi connectivity index (χ3n) is 2.19. The van der Waals surface area contributed by atoms with Crippen molar-refractivity contribution in [3.63, 3.8) is 0 Å². The lowest BCUT2D eigenvalue weighted by Crippen LogP contribution is -2.28. The second-order valence-electron chi connectivity index (χ2n) is 4.44. The molecule has 0 aliphatic carbocycles. The number of hydrogen-bond donors (Lipinski definition) is 1. The number of rotatable bonds is 7. The Hall–Kier alpha value is -0.500. The topological polar surface area (TPSA) is 55.4 Å². The number of nitrogens with one attached hydrogen (secondary N) is 1. The van der Waals surface area contributed by atoms with Crippen LogP contribution in [0.4, 0.5) is 4.39 Å². The fraction of sp³-hybridized carbons (Fsp3) is 0.500. The first-order valence-corrected chi connectivity index (χ1v) is 8.13. The normalized spacial score (nSPS) is 12.1. The van der Waals surface area contributed by atoms with E-state index in [0.29, 0.717) is 12.5 Å². The smallest absolute Gasteiger partial charge is 0.240 e. The van der Waals surface area contributed by atoms with E-state index < -0.39 is 15.8 Å². The van der Waals surface area contributed by atoms with Crippen LogP contribution in [0.25, 0.3) is 0 Å². The first-order chi connectivity index (χ1) is 8.83. The zero-order valence-corrected chi connectivity index (χ0v) is 13.2. The highest BCUT2D eigenvalue weighted by Gasteiger charge is 2.15. The molecule has 1 N–H and O–H groups in total. The lowest BCUT2D eigenvalue weighted by atomic mass is 10.2. The molecule has 0 spiro atoms. The fourth-order valence-corrected chi connectivity index (χ4v) is 2.57. The summed E-state index contributed by atoms with van der Waals surface area (Å²) in [5, 5.41) is 0. The highest BCUT2D eigenvalue weighted by atomic mass is 79.9. The van der Waals surface area contributed by atoms with Crippen LogP contribution in [0.2, 0.25) is 0 Å². The van der Waals surface area contributed by atoms with Gasteiger partial charge in [-0.05, 0) is 40.0 Å². The molecule has 1 aromatic rings. The average Bonchev–Trinajstić information content (AvgIpc) is 2.31. The second-order valence-corrected chi connectivity index (χ2v) is 7.06. The largest absolute Gasteiger partial charge is 0.380 e. The second kappa shape index (κ2) is 7.33. The molecule has 0 radical (unpaired) electrons. The molecule has 4 nitrogen and oxygen atoms in total. The number of halogens is 2. The minimum Gasteiger partial charge on any atom is -0.380 e. The van der Waals surface area contributed by atoms with Gasteiger partial charge in [0, 0.05) is 13.2 Å². The minimum absolute atomic E-state index is 0.0999. The van der Waals surface area contributed by atoms with E-state index in [2.05, 4.69) is 20.7 Å². The predicted molar refractivity (Wildman–Crippen MR) is 74.9 cm³/mol. The molecule has 0 heterocycles. The first-order valence-electron chi connectivity index (χ1n) is 5.85. The molecule has 0 fully saturated rings. The molecule has 0 amide bonds. The van der Waals surface area contributed by atoms with Gasteiger partial charge < -0.3 is 4.74 Å². The van der Waals surface area contributed by atoms with Gasteiger partial charge in [-0.2, -0.15) is 0 Å². The molecule has 0 aromatic heterocycles. The highest BCUT2D eigenvalue weighted by molar-refractivity contribution is 9.10. The van der Waals surface area contributed by atoms with Gasteiger partial charge in [0.2, 0.25) is 10.0 Å². The number of hydrogen-bond acceptors (Lipinski definition) is 3. The Morgan fingerprint density at radius 2 is 2.11 bits per heavy atom. The summed E-state index contributed by atoms with van der Waals surface area (Å²) in [5.41, 5.74) is 0. The lowest BCUT2D eigenvalue weighted by molar-refractivity contribution is 0.114. The van der Waals surface area contributed by atoms with Crippen molar-refractivity contribution in [2.24, 2.45) is 5.92 Å². The number of sulfonamides is 1. The SMILES string of the molecule is CC(C)COCCNS(=O)(=O)c1ccc(Br)c(F)c1. The summed E-state index contributed by atoms with van der Waals surface area (Å²) in [6.45, 7) is 5.04. The molecule has 0 saturated carbocycles. The Morgan fingerprint density at radius 3 is 2.68 bits per heavy atom. The van der Waals surface area contributed by atoms with Gasteiger partial charge in [-0.3, -0.25) is 0 Å². The van der Waals surface area contributed by atoms with Crippen molar-refractivity contribution < 1.29 is 17.5 Å². The Morgan fingerprint density at radius 1 is 1.42 bits per heavy atom. The third-order valence-corrected chi connectivity index (χ3v) is 4.29. The van der Waals surface area contributed by atoms with Crippen LogP contribution in [-0.2, 0) is 14.8 Å². The monoisotopic (exact) mass is 353 g/mol. The maximum Gasteiger partial charge on any atom is 0.240 e. The lowest BCUT2D eigenvalue weighted by Gasteiger charge is -2.09. The third kappa shape index (κ3) is 5.56. The molecule has 1 rings (SSSR count). The Balaban J connectivity index is 2.54. The van der Waals surface area contributed by atoms with Crippen LogP contribution in [-0.4, -0.2) is 28.2 Å². The van der Waals surface area contributed by atoms with E-state index in [4.69, 9.17) is 4.74 Å². The fourth-order valence-electron chi connectivity index (χ4n) is 1.29. The van der Waals surface area contributed by atoms with Crippen molar-refractivity contribution in [3.05, 3.63) is 28.5 Å². The maximum atomic E-state index is 13.3. The van der Waals surface area contributed by atoms with Gasteiger partial charge in [0.25, 0.3) is 0 Å². The van der Waals surface area contributed by atoms with Crippen molar-refractivity contribution in [3.8, 4) is 0 Å². The molecule has 1 aromatic carbocycles. The van der Waals surface area contributed by atoms with Crippen LogP contribution in [0.15, 0.2) is 27.6 Å². The zero-order chi connectivity index (χ0) is 14.5. The molecule has 0 atom stereocenters. The summed E-state index contributed by atoms with van der Waals surface area (Å²) in [6.07, 6.45) is 0. The van der Waals surface area contributed by atoms with Crippen LogP contribution < -0.4 is 4.72 Å². The first kappa shape index (κ1) is 16.6. The molecule has 0 saturated heterocycles. The summed E-state index contributed by atoms with van der Waals surface area (Å²) in [5.74, 6) is -0.212. The van der Waals surface area contributed by atoms with Gasteiger partial charge in [0.05, 0.1) is 16.0 Å². The number of benzene rings is 1. The Labute approximate surface area is 121 Å². The highest BCUT2D eigenvalue weighted by Crippen LogP contribution is 2.19. The predicted octanol–water partition coefficient (Wildman–Crippen LogP) is 2.54. The van der Waals surface area contributed by atoms with E-state index in [0.717, 1.165) is 6.07 Å². The van der Waals surface area contributed by atoms with Gasteiger partial charge >= 0.3 is 0 Å². The van der Waals surface area contributed by atoms with Gasteiger partial charge in [-0.1, -0.05) is 13.8 Å². The van der Waals surface area contributed by atoms with Crippen LogP contribution in [0.3, 0.4) is 0 Å².